The average Bonchev–Trinajstić information content (AvgIpc) is 2.37. The first kappa shape index (κ1) is 15.1. The Kier molecular flexibility index (Phi) is 6.25. The van der Waals surface area contributed by atoms with Gasteiger partial charge in [-0.1, -0.05) is 29.3 Å². The number of hydrogen-bond acceptors (Lipinski definition) is 1. The van der Waals surface area contributed by atoms with Crippen molar-refractivity contribution in [3.63, 3.8) is 0 Å². The quantitative estimate of drug-likeness (QED) is 0.799. The van der Waals surface area contributed by atoms with Crippen molar-refractivity contribution in [1.29, 1.82) is 0 Å². The van der Waals surface area contributed by atoms with Crippen LogP contribution in [0.4, 0.5) is 8.78 Å². The summed E-state index contributed by atoms with van der Waals surface area (Å²) in [6.07, 6.45) is 1.86. The second-order valence-corrected chi connectivity index (χ2v) is 4.88. The first-order valence-electron chi connectivity index (χ1n) is 5.87. The minimum atomic E-state index is -0.706. The van der Waals surface area contributed by atoms with Crippen molar-refractivity contribution in [3.8, 4) is 0 Å². The molecule has 0 saturated heterocycles. The molecule has 100 valence electrons. The van der Waals surface area contributed by atoms with E-state index in [0.717, 1.165) is 36.4 Å². The molecular formula is C13H16BrF2NO. The fourth-order valence-corrected chi connectivity index (χ4v) is 2.26. The van der Waals surface area contributed by atoms with Crippen LogP contribution in [-0.4, -0.2) is 17.8 Å². The number of carbonyl (C=O) groups excluding carboxylic acids is 1. The van der Waals surface area contributed by atoms with Gasteiger partial charge in [-0.15, -0.1) is 0 Å². The van der Waals surface area contributed by atoms with Crippen LogP contribution < -0.4 is 5.32 Å². The van der Waals surface area contributed by atoms with Gasteiger partial charge in [-0.3, -0.25) is 4.79 Å². The molecule has 0 spiro atoms. The Labute approximate surface area is 114 Å². The molecule has 0 radical (unpaired) electrons. The molecule has 18 heavy (non-hydrogen) atoms. The molecule has 0 aliphatic heterocycles. The molecule has 2 nitrogen and oxygen atoms in total. The third kappa shape index (κ3) is 4.37. The first-order valence-corrected chi connectivity index (χ1v) is 6.99. The third-order valence-electron chi connectivity index (χ3n) is 2.82. The zero-order valence-corrected chi connectivity index (χ0v) is 11.8. The molecule has 1 rings (SSSR count). The molecule has 0 aliphatic carbocycles. The SMILES string of the molecule is CCC(CCBr)CNC(=O)c1cc(F)ccc1F. The predicted molar refractivity (Wildman–Crippen MR) is 70.9 cm³/mol. The number of amides is 1. The van der Waals surface area contributed by atoms with E-state index >= 15 is 0 Å². The van der Waals surface area contributed by atoms with Gasteiger partial charge in [0.1, 0.15) is 11.6 Å². The number of benzene rings is 1. The van der Waals surface area contributed by atoms with Gasteiger partial charge < -0.3 is 5.32 Å². The van der Waals surface area contributed by atoms with E-state index in [2.05, 4.69) is 21.2 Å². The van der Waals surface area contributed by atoms with E-state index in [1.54, 1.807) is 0 Å². The van der Waals surface area contributed by atoms with Gasteiger partial charge in [0.15, 0.2) is 0 Å². The van der Waals surface area contributed by atoms with Crippen molar-refractivity contribution in [2.45, 2.75) is 19.8 Å². The average molecular weight is 320 g/mol. The predicted octanol–water partition coefficient (Wildman–Crippen LogP) is 3.51. The number of alkyl halides is 1. The largest absolute Gasteiger partial charge is 0.352 e. The van der Waals surface area contributed by atoms with Crippen molar-refractivity contribution in [1.82, 2.24) is 5.32 Å². The summed E-state index contributed by atoms with van der Waals surface area (Å²) in [5, 5.41) is 3.49. The Morgan fingerprint density at radius 3 is 2.78 bits per heavy atom. The van der Waals surface area contributed by atoms with Crippen LogP contribution in [0, 0.1) is 17.6 Å². The fourth-order valence-electron chi connectivity index (χ4n) is 1.61. The van der Waals surface area contributed by atoms with Crippen LogP contribution in [-0.2, 0) is 0 Å². The summed E-state index contributed by atoms with van der Waals surface area (Å²) in [5.74, 6) is -1.55. The van der Waals surface area contributed by atoms with E-state index in [1.807, 2.05) is 6.92 Å². The molecule has 0 aliphatic rings. The maximum absolute atomic E-state index is 13.3. The Morgan fingerprint density at radius 1 is 1.44 bits per heavy atom. The summed E-state index contributed by atoms with van der Waals surface area (Å²) in [5.41, 5.74) is -0.247. The van der Waals surface area contributed by atoms with Crippen LogP contribution in [0.1, 0.15) is 30.1 Å². The van der Waals surface area contributed by atoms with Gasteiger partial charge in [0.05, 0.1) is 5.56 Å². The first-order chi connectivity index (χ1) is 8.58. The lowest BCUT2D eigenvalue weighted by Gasteiger charge is -2.14. The highest BCUT2D eigenvalue weighted by Crippen LogP contribution is 2.11. The molecule has 1 aromatic carbocycles. The molecule has 1 atom stereocenters. The van der Waals surface area contributed by atoms with E-state index in [9.17, 15) is 13.6 Å². The summed E-state index contributed by atoms with van der Waals surface area (Å²) in [7, 11) is 0. The number of hydrogen-bond donors (Lipinski definition) is 1. The van der Waals surface area contributed by atoms with E-state index < -0.39 is 17.5 Å². The lowest BCUT2D eigenvalue weighted by atomic mass is 10.0. The number of rotatable bonds is 6. The van der Waals surface area contributed by atoms with Crippen molar-refractivity contribution in [3.05, 3.63) is 35.4 Å². The molecule has 1 aromatic rings. The molecule has 1 amide bonds. The Hall–Kier alpha value is -0.970. The lowest BCUT2D eigenvalue weighted by Crippen LogP contribution is -2.30. The Bertz CT molecular complexity index is 412. The highest BCUT2D eigenvalue weighted by molar-refractivity contribution is 9.09. The van der Waals surface area contributed by atoms with Gasteiger partial charge in [0, 0.05) is 11.9 Å². The van der Waals surface area contributed by atoms with Crippen LogP contribution in [0.15, 0.2) is 18.2 Å². The summed E-state index contributed by atoms with van der Waals surface area (Å²) in [6.45, 7) is 2.50. The van der Waals surface area contributed by atoms with Gasteiger partial charge in [-0.05, 0) is 30.5 Å². The standard InChI is InChI=1S/C13H16BrF2NO/c1-2-9(5-6-14)8-17-13(18)11-7-10(15)3-4-12(11)16/h3-4,7,9H,2,5-6,8H2,1H3,(H,17,18). The number of halogens is 3. The maximum Gasteiger partial charge on any atom is 0.254 e. The van der Waals surface area contributed by atoms with Crippen molar-refractivity contribution < 1.29 is 13.6 Å². The van der Waals surface area contributed by atoms with Gasteiger partial charge in [-0.25, -0.2) is 8.78 Å². The molecule has 1 unspecified atom stereocenters. The molecule has 0 heterocycles. The molecule has 1 N–H and O–H groups in total. The maximum atomic E-state index is 13.3. The highest BCUT2D eigenvalue weighted by atomic mass is 79.9. The van der Waals surface area contributed by atoms with E-state index in [4.69, 9.17) is 0 Å². The van der Waals surface area contributed by atoms with Crippen molar-refractivity contribution >= 4 is 21.8 Å². The minimum absolute atomic E-state index is 0.247. The molecular weight excluding hydrogens is 304 g/mol. The van der Waals surface area contributed by atoms with Gasteiger partial charge in [0.25, 0.3) is 5.91 Å². The van der Waals surface area contributed by atoms with Crippen LogP contribution in [0.5, 0.6) is 0 Å². The normalized spacial score (nSPS) is 12.2. The highest BCUT2D eigenvalue weighted by Gasteiger charge is 2.14. The topological polar surface area (TPSA) is 29.1 Å². The second-order valence-electron chi connectivity index (χ2n) is 4.09. The van der Waals surface area contributed by atoms with E-state index in [0.29, 0.717) is 12.5 Å². The summed E-state index contributed by atoms with van der Waals surface area (Å²) < 4.78 is 26.3. The Morgan fingerprint density at radius 2 is 2.17 bits per heavy atom. The van der Waals surface area contributed by atoms with Crippen LogP contribution in [0.2, 0.25) is 0 Å². The monoisotopic (exact) mass is 319 g/mol. The molecule has 0 bridgehead atoms. The zero-order valence-electron chi connectivity index (χ0n) is 10.2. The Balaban J connectivity index is 2.62. The second kappa shape index (κ2) is 7.46. The van der Waals surface area contributed by atoms with Crippen molar-refractivity contribution in [2.24, 2.45) is 5.92 Å². The van der Waals surface area contributed by atoms with Crippen LogP contribution in [0.3, 0.4) is 0 Å². The smallest absolute Gasteiger partial charge is 0.254 e. The molecule has 0 saturated carbocycles. The van der Waals surface area contributed by atoms with Crippen molar-refractivity contribution in [2.75, 3.05) is 11.9 Å². The summed E-state index contributed by atoms with van der Waals surface area (Å²) in [4.78, 5) is 11.7. The van der Waals surface area contributed by atoms with E-state index in [-0.39, 0.29) is 5.56 Å². The third-order valence-corrected chi connectivity index (χ3v) is 3.28. The van der Waals surface area contributed by atoms with Gasteiger partial charge >= 0.3 is 0 Å². The van der Waals surface area contributed by atoms with E-state index in [1.165, 1.54) is 0 Å². The lowest BCUT2D eigenvalue weighted by molar-refractivity contribution is 0.0942. The summed E-state index contributed by atoms with van der Waals surface area (Å²) >= 11 is 3.34. The number of carbonyl (C=O) groups is 1. The van der Waals surface area contributed by atoms with Crippen LogP contribution in [0.25, 0.3) is 0 Å². The zero-order chi connectivity index (χ0) is 13.5. The summed E-state index contributed by atoms with van der Waals surface area (Å²) in [6, 6.07) is 2.86. The minimum Gasteiger partial charge on any atom is -0.352 e. The fraction of sp³-hybridized carbons (Fsp3) is 0.462. The number of nitrogens with one attached hydrogen (secondary N) is 1. The van der Waals surface area contributed by atoms with Gasteiger partial charge in [0.2, 0.25) is 0 Å². The molecule has 5 heteroatoms. The van der Waals surface area contributed by atoms with Crippen LogP contribution >= 0.6 is 15.9 Å². The molecule has 0 aromatic heterocycles. The molecule has 0 fully saturated rings. The van der Waals surface area contributed by atoms with Gasteiger partial charge in [-0.2, -0.15) is 0 Å².